The summed E-state index contributed by atoms with van der Waals surface area (Å²) < 4.78 is 0. The van der Waals surface area contributed by atoms with Crippen LogP contribution in [0.3, 0.4) is 0 Å². The summed E-state index contributed by atoms with van der Waals surface area (Å²) in [6.07, 6.45) is 7.41. The molecule has 0 aliphatic carbocycles. The number of nitrogens with zero attached hydrogens (tertiary/aromatic N) is 3. The summed E-state index contributed by atoms with van der Waals surface area (Å²) in [5.41, 5.74) is 1.40. The van der Waals surface area contributed by atoms with Crippen LogP contribution in [-0.2, 0) is 6.42 Å². The molecular weight excluding hydrogens is 234 g/mol. The smallest absolute Gasteiger partial charge is 0.0924 e. The Morgan fingerprint density at radius 3 is 2.79 bits per heavy atom. The lowest BCUT2D eigenvalue weighted by atomic mass is 10.1. The molecule has 0 amide bonds. The first-order chi connectivity index (χ1) is 9.38. The van der Waals surface area contributed by atoms with E-state index in [1.165, 1.54) is 31.2 Å². The van der Waals surface area contributed by atoms with Crippen molar-refractivity contribution in [2.24, 2.45) is 10.3 Å². The van der Waals surface area contributed by atoms with E-state index in [-0.39, 0.29) is 0 Å². The molecule has 0 saturated heterocycles. The Balaban J connectivity index is 1.62. The van der Waals surface area contributed by atoms with E-state index in [4.69, 9.17) is 0 Å². The third-order valence-electron chi connectivity index (χ3n) is 3.64. The third-order valence-corrected chi connectivity index (χ3v) is 3.64. The van der Waals surface area contributed by atoms with E-state index in [9.17, 15) is 0 Å². The molecule has 0 bridgehead atoms. The van der Waals surface area contributed by atoms with Crippen molar-refractivity contribution >= 4 is 0 Å². The van der Waals surface area contributed by atoms with Crippen LogP contribution < -0.4 is 0 Å². The van der Waals surface area contributed by atoms with Crippen molar-refractivity contribution in [3.05, 3.63) is 35.9 Å². The lowest BCUT2D eigenvalue weighted by Gasteiger charge is -2.13. The molecule has 3 nitrogen and oxygen atoms in total. The van der Waals surface area contributed by atoms with Crippen LogP contribution in [0.15, 0.2) is 40.7 Å². The molecule has 0 radical (unpaired) electrons. The Labute approximate surface area is 116 Å². The first-order valence-corrected chi connectivity index (χ1v) is 7.58. The van der Waals surface area contributed by atoms with Crippen LogP contribution in [0.1, 0.15) is 44.6 Å². The van der Waals surface area contributed by atoms with Crippen molar-refractivity contribution in [1.82, 2.24) is 5.01 Å². The summed E-state index contributed by atoms with van der Waals surface area (Å²) >= 11 is 0. The van der Waals surface area contributed by atoms with Gasteiger partial charge in [0.15, 0.2) is 0 Å². The van der Waals surface area contributed by atoms with Crippen molar-refractivity contribution in [2.75, 3.05) is 13.1 Å². The molecule has 3 heteroatoms. The van der Waals surface area contributed by atoms with Crippen molar-refractivity contribution in [3.63, 3.8) is 0 Å². The molecule has 1 atom stereocenters. The minimum atomic E-state index is 0.395. The number of aryl methyl sites for hydroxylation is 1. The highest BCUT2D eigenvalue weighted by atomic mass is 15.6. The predicted octanol–water partition coefficient (Wildman–Crippen LogP) is 4.25. The summed E-state index contributed by atoms with van der Waals surface area (Å²) in [6.45, 7) is 4.33. The zero-order valence-corrected chi connectivity index (χ0v) is 12.0. The molecule has 1 heterocycles. The molecule has 1 aliphatic rings. The SMILES string of the molecule is CCCCCCN1CC(CCc2ccccc2)N=N1. The van der Waals surface area contributed by atoms with E-state index in [2.05, 4.69) is 52.6 Å². The highest BCUT2D eigenvalue weighted by Gasteiger charge is 2.18. The maximum atomic E-state index is 4.38. The monoisotopic (exact) mass is 259 g/mol. The first-order valence-electron chi connectivity index (χ1n) is 7.58. The third kappa shape index (κ3) is 5.01. The fourth-order valence-corrected chi connectivity index (χ4v) is 2.45. The zero-order valence-electron chi connectivity index (χ0n) is 12.0. The maximum Gasteiger partial charge on any atom is 0.0924 e. The highest BCUT2D eigenvalue weighted by molar-refractivity contribution is 5.14. The van der Waals surface area contributed by atoms with Crippen molar-refractivity contribution in [2.45, 2.75) is 51.5 Å². The van der Waals surface area contributed by atoms with Gasteiger partial charge >= 0.3 is 0 Å². The zero-order chi connectivity index (χ0) is 13.3. The molecule has 1 aromatic rings. The van der Waals surface area contributed by atoms with Crippen LogP contribution in [0, 0.1) is 0 Å². The van der Waals surface area contributed by atoms with E-state index < -0.39 is 0 Å². The van der Waals surface area contributed by atoms with Gasteiger partial charge < -0.3 is 0 Å². The highest BCUT2D eigenvalue weighted by Crippen LogP contribution is 2.15. The van der Waals surface area contributed by atoms with E-state index >= 15 is 0 Å². The van der Waals surface area contributed by atoms with E-state index in [1.807, 2.05) is 0 Å². The number of hydrogen-bond donors (Lipinski definition) is 0. The molecule has 0 spiro atoms. The second-order valence-corrected chi connectivity index (χ2v) is 5.36. The number of benzene rings is 1. The van der Waals surface area contributed by atoms with E-state index in [1.54, 1.807) is 0 Å². The predicted molar refractivity (Wildman–Crippen MR) is 79.1 cm³/mol. The average Bonchev–Trinajstić information content (AvgIpc) is 2.91. The fraction of sp³-hybridized carbons (Fsp3) is 0.625. The second-order valence-electron chi connectivity index (χ2n) is 5.36. The van der Waals surface area contributed by atoms with Crippen molar-refractivity contribution in [1.29, 1.82) is 0 Å². The number of unbranched alkanes of at least 4 members (excludes halogenated alkanes) is 3. The molecule has 1 unspecified atom stereocenters. The Bertz CT molecular complexity index is 375. The van der Waals surface area contributed by atoms with Crippen LogP contribution in [0.25, 0.3) is 0 Å². The molecule has 104 valence electrons. The van der Waals surface area contributed by atoms with Crippen molar-refractivity contribution < 1.29 is 0 Å². The van der Waals surface area contributed by atoms with Crippen LogP contribution in [-0.4, -0.2) is 24.1 Å². The van der Waals surface area contributed by atoms with Crippen LogP contribution in [0.5, 0.6) is 0 Å². The van der Waals surface area contributed by atoms with Gasteiger partial charge in [-0.3, -0.25) is 5.01 Å². The van der Waals surface area contributed by atoms with Gasteiger partial charge in [-0.2, -0.15) is 5.11 Å². The van der Waals surface area contributed by atoms with Gasteiger partial charge in [0.1, 0.15) is 0 Å². The number of hydrogen-bond acceptors (Lipinski definition) is 3. The van der Waals surface area contributed by atoms with Gasteiger partial charge in [-0.1, -0.05) is 61.7 Å². The first kappa shape index (κ1) is 14.0. The fourth-order valence-electron chi connectivity index (χ4n) is 2.45. The Morgan fingerprint density at radius 1 is 1.16 bits per heavy atom. The average molecular weight is 259 g/mol. The van der Waals surface area contributed by atoms with Gasteiger partial charge in [0.2, 0.25) is 0 Å². The Kier molecular flexibility index (Phi) is 5.86. The summed E-state index contributed by atoms with van der Waals surface area (Å²) in [4.78, 5) is 0. The van der Waals surface area contributed by atoms with Crippen LogP contribution in [0.4, 0.5) is 0 Å². The van der Waals surface area contributed by atoms with E-state index in [0.29, 0.717) is 6.04 Å². The maximum absolute atomic E-state index is 4.38. The molecule has 0 N–H and O–H groups in total. The molecule has 0 fully saturated rings. The summed E-state index contributed by atoms with van der Waals surface area (Å²) in [7, 11) is 0. The molecule has 0 aromatic heterocycles. The standard InChI is InChI=1S/C16H25N3/c1-2-3-4-8-13-19-14-16(17-18-19)12-11-15-9-6-5-7-10-15/h5-7,9-10,16H,2-4,8,11-14H2,1H3. The molecular formula is C16H25N3. The van der Waals surface area contributed by atoms with Crippen molar-refractivity contribution in [3.8, 4) is 0 Å². The largest absolute Gasteiger partial charge is 0.277 e. The molecule has 2 rings (SSSR count). The molecule has 1 aliphatic heterocycles. The lowest BCUT2D eigenvalue weighted by Crippen LogP contribution is -2.22. The quantitative estimate of drug-likeness (QED) is 0.641. The van der Waals surface area contributed by atoms with Crippen LogP contribution >= 0.6 is 0 Å². The Hall–Kier alpha value is -1.38. The summed E-state index contributed by atoms with van der Waals surface area (Å²) in [5.74, 6) is 0. The summed E-state index contributed by atoms with van der Waals surface area (Å²) in [6, 6.07) is 11.0. The minimum Gasteiger partial charge on any atom is -0.277 e. The topological polar surface area (TPSA) is 28.0 Å². The number of rotatable bonds is 8. The van der Waals surface area contributed by atoms with Crippen LogP contribution in [0.2, 0.25) is 0 Å². The van der Waals surface area contributed by atoms with Gasteiger partial charge in [-0.15, -0.1) is 0 Å². The van der Waals surface area contributed by atoms with Gasteiger partial charge in [0.05, 0.1) is 12.6 Å². The molecule has 0 saturated carbocycles. The second kappa shape index (κ2) is 7.93. The van der Waals surface area contributed by atoms with Gasteiger partial charge in [-0.05, 0) is 24.8 Å². The molecule has 19 heavy (non-hydrogen) atoms. The molecule has 1 aromatic carbocycles. The van der Waals surface area contributed by atoms with E-state index in [0.717, 1.165) is 25.9 Å². The van der Waals surface area contributed by atoms with Gasteiger partial charge in [-0.25, -0.2) is 0 Å². The minimum absolute atomic E-state index is 0.395. The normalized spacial score (nSPS) is 18.2. The lowest BCUT2D eigenvalue weighted by molar-refractivity contribution is 0.297. The Morgan fingerprint density at radius 2 is 2.00 bits per heavy atom. The van der Waals surface area contributed by atoms with Gasteiger partial charge in [0, 0.05) is 6.54 Å². The van der Waals surface area contributed by atoms with Gasteiger partial charge in [0.25, 0.3) is 0 Å². The summed E-state index contributed by atoms with van der Waals surface area (Å²) in [5, 5.41) is 10.8.